The van der Waals surface area contributed by atoms with Gasteiger partial charge in [0.05, 0.1) is 0 Å². The highest BCUT2D eigenvalue weighted by molar-refractivity contribution is 5.80. The molecule has 2 aromatic heterocycles. The first-order valence-electron chi connectivity index (χ1n) is 10.1. The van der Waals surface area contributed by atoms with Crippen LogP contribution in [-0.4, -0.2) is 76.7 Å². The molecule has 152 valence electrons. The number of hydrogen-bond acceptors (Lipinski definition) is 6. The van der Waals surface area contributed by atoms with Crippen LogP contribution in [-0.2, 0) is 6.42 Å². The van der Waals surface area contributed by atoms with Crippen LogP contribution in [0.3, 0.4) is 0 Å². The van der Waals surface area contributed by atoms with Crippen LogP contribution >= 0.6 is 0 Å². The highest BCUT2D eigenvalue weighted by Gasteiger charge is 2.20. The molecule has 0 aliphatic carbocycles. The van der Waals surface area contributed by atoms with Crippen molar-refractivity contribution in [2.75, 3.05) is 45.8 Å². The maximum atomic E-state index is 5.31. The van der Waals surface area contributed by atoms with Gasteiger partial charge in [0, 0.05) is 58.4 Å². The summed E-state index contributed by atoms with van der Waals surface area (Å²) in [6.45, 7) is 13.5. The average Bonchev–Trinajstić information content (AvgIpc) is 3.17. The van der Waals surface area contributed by atoms with Crippen molar-refractivity contribution < 1.29 is 4.52 Å². The van der Waals surface area contributed by atoms with Gasteiger partial charge in [0.1, 0.15) is 5.69 Å². The number of nitrogens with zero attached hydrogens (tertiary/aromatic N) is 6. The number of piperazine rings is 1. The topological polar surface area (TPSA) is 82.7 Å². The molecular formula is C20H31N7O. The molecule has 0 spiro atoms. The van der Waals surface area contributed by atoms with Crippen LogP contribution in [0, 0.1) is 5.92 Å². The lowest BCUT2D eigenvalue weighted by molar-refractivity contribution is 0.164. The molecule has 1 aliphatic heterocycles. The van der Waals surface area contributed by atoms with E-state index in [-0.39, 0.29) is 0 Å². The monoisotopic (exact) mass is 385 g/mol. The Hall–Kier alpha value is -2.48. The van der Waals surface area contributed by atoms with Crippen molar-refractivity contribution in [2.45, 2.75) is 27.2 Å². The van der Waals surface area contributed by atoms with Crippen molar-refractivity contribution in [1.82, 2.24) is 30.2 Å². The summed E-state index contributed by atoms with van der Waals surface area (Å²) in [4.78, 5) is 18.3. The fraction of sp³-hybridized carbons (Fsp3) is 0.600. The number of rotatable bonds is 7. The minimum absolute atomic E-state index is 0.452. The van der Waals surface area contributed by atoms with Crippen molar-refractivity contribution in [3.63, 3.8) is 0 Å². The zero-order valence-electron chi connectivity index (χ0n) is 17.1. The Bertz CT molecular complexity index is 736. The maximum Gasteiger partial charge on any atom is 0.276 e. The highest BCUT2D eigenvalue weighted by Crippen LogP contribution is 2.13. The Labute approximate surface area is 167 Å². The Balaban J connectivity index is 1.53. The fourth-order valence-corrected chi connectivity index (χ4v) is 3.30. The number of aromatic nitrogens is 3. The van der Waals surface area contributed by atoms with E-state index in [4.69, 9.17) is 9.52 Å². The lowest BCUT2D eigenvalue weighted by Gasteiger charge is -2.37. The molecule has 0 atom stereocenters. The van der Waals surface area contributed by atoms with E-state index >= 15 is 0 Å². The third-order valence-electron chi connectivity index (χ3n) is 4.58. The Morgan fingerprint density at radius 3 is 2.75 bits per heavy atom. The van der Waals surface area contributed by atoms with E-state index in [1.807, 2.05) is 18.2 Å². The summed E-state index contributed by atoms with van der Waals surface area (Å²) < 4.78 is 5.31. The molecule has 0 radical (unpaired) electrons. The van der Waals surface area contributed by atoms with Gasteiger partial charge in [-0.3, -0.25) is 14.9 Å². The molecule has 1 saturated heterocycles. The molecule has 0 amide bonds. The molecule has 0 bridgehead atoms. The van der Waals surface area contributed by atoms with Crippen molar-refractivity contribution >= 4 is 5.96 Å². The largest absolute Gasteiger partial charge is 0.357 e. The molecule has 0 aromatic carbocycles. The molecule has 28 heavy (non-hydrogen) atoms. The molecule has 0 unspecified atom stereocenters. The van der Waals surface area contributed by atoms with Gasteiger partial charge < -0.3 is 14.7 Å². The zero-order chi connectivity index (χ0) is 19.8. The molecule has 3 heterocycles. The van der Waals surface area contributed by atoms with Gasteiger partial charge in [0.15, 0.2) is 11.8 Å². The molecule has 0 saturated carbocycles. The molecule has 1 fully saturated rings. The molecule has 1 N–H and O–H groups in total. The molecular weight excluding hydrogens is 354 g/mol. The number of guanidine groups is 1. The summed E-state index contributed by atoms with van der Waals surface area (Å²) in [6.07, 6.45) is 2.35. The van der Waals surface area contributed by atoms with E-state index in [0.29, 0.717) is 36.3 Å². The molecule has 2 aromatic rings. The van der Waals surface area contributed by atoms with Crippen molar-refractivity contribution in [3.05, 3.63) is 30.2 Å². The lowest BCUT2D eigenvalue weighted by Crippen LogP contribution is -2.53. The van der Waals surface area contributed by atoms with E-state index in [1.54, 1.807) is 6.20 Å². The summed E-state index contributed by atoms with van der Waals surface area (Å²) in [7, 11) is 0. The van der Waals surface area contributed by atoms with E-state index < -0.39 is 0 Å². The smallest absolute Gasteiger partial charge is 0.276 e. The van der Waals surface area contributed by atoms with Crippen LogP contribution in [0.15, 0.2) is 33.9 Å². The standard InChI is InChI=1S/C20H31N7O/c1-4-21-20(27-13-11-26(12-14-27)15-16(2)3)23-10-8-18-24-19(28-25-18)17-7-5-6-9-22-17/h5-7,9,16H,4,8,10-15H2,1-3H3,(H,21,23). The molecule has 3 rings (SSSR count). The third kappa shape index (κ3) is 5.76. The number of pyridine rings is 1. The van der Waals surface area contributed by atoms with Crippen LogP contribution < -0.4 is 5.32 Å². The summed E-state index contributed by atoms with van der Waals surface area (Å²) in [5.41, 5.74) is 0.692. The Kier molecular flexibility index (Phi) is 7.36. The predicted molar refractivity (Wildman–Crippen MR) is 110 cm³/mol. The van der Waals surface area contributed by atoms with E-state index in [1.165, 1.54) is 0 Å². The van der Waals surface area contributed by atoms with E-state index in [2.05, 4.69) is 51.0 Å². The van der Waals surface area contributed by atoms with Gasteiger partial charge in [0.25, 0.3) is 5.89 Å². The van der Waals surface area contributed by atoms with Crippen LogP contribution in [0.1, 0.15) is 26.6 Å². The van der Waals surface area contributed by atoms with E-state index in [9.17, 15) is 0 Å². The highest BCUT2D eigenvalue weighted by atomic mass is 16.5. The lowest BCUT2D eigenvalue weighted by atomic mass is 10.2. The maximum absolute atomic E-state index is 5.31. The van der Waals surface area contributed by atoms with E-state index in [0.717, 1.165) is 45.2 Å². The summed E-state index contributed by atoms with van der Waals surface area (Å²) in [5.74, 6) is 2.79. The first-order valence-corrected chi connectivity index (χ1v) is 10.1. The first-order chi connectivity index (χ1) is 13.7. The second-order valence-corrected chi connectivity index (χ2v) is 7.40. The number of aliphatic imine (C=N–C) groups is 1. The van der Waals surface area contributed by atoms with Crippen LogP contribution in [0.4, 0.5) is 0 Å². The van der Waals surface area contributed by atoms with Crippen molar-refractivity contribution in [1.29, 1.82) is 0 Å². The fourth-order valence-electron chi connectivity index (χ4n) is 3.30. The van der Waals surface area contributed by atoms with Gasteiger partial charge in [-0.1, -0.05) is 25.1 Å². The second kappa shape index (κ2) is 10.2. The quantitative estimate of drug-likeness (QED) is 0.576. The van der Waals surface area contributed by atoms with Crippen LogP contribution in [0.25, 0.3) is 11.6 Å². The Morgan fingerprint density at radius 1 is 1.25 bits per heavy atom. The average molecular weight is 386 g/mol. The minimum Gasteiger partial charge on any atom is -0.357 e. The molecule has 1 aliphatic rings. The Morgan fingerprint density at radius 2 is 2.07 bits per heavy atom. The van der Waals surface area contributed by atoms with Crippen LogP contribution in [0.2, 0.25) is 0 Å². The van der Waals surface area contributed by atoms with Gasteiger partial charge in [-0.15, -0.1) is 0 Å². The SMILES string of the molecule is CCNC(=NCCc1noc(-c2ccccn2)n1)N1CCN(CC(C)C)CC1. The number of hydrogen-bond donors (Lipinski definition) is 1. The van der Waals surface area contributed by atoms with Crippen molar-refractivity contribution in [3.8, 4) is 11.6 Å². The normalized spacial score (nSPS) is 16.0. The molecule has 8 heteroatoms. The first kappa shape index (κ1) is 20.3. The van der Waals surface area contributed by atoms with Gasteiger partial charge in [-0.05, 0) is 25.0 Å². The van der Waals surface area contributed by atoms with Gasteiger partial charge >= 0.3 is 0 Å². The second-order valence-electron chi connectivity index (χ2n) is 7.40. The van der Waals surface area contributed by atoms with Crippen molar-refractivity contribution in [2.24, 2.45) is 10.9 Å². The third-order valence-corrected chi connectivity index (χ3v) is 4.58. The van der Waals surface area contributed by atoms with Gasteiger partial charge in [-0.2, -0.15) is 4.98 Å². The van der Waals surface area contributed by atoms with Gasteiger partial charge in [-0.25, -0.2) is 0 Å². The summed E-state index contributed by atoms with van der Waals surface area (Å²) >= 11 is 0. The predicted octanol–water partition coefficient (Wildman–Crippen LogP) is 1.91. The summed E-state index contributed by atoms with van der Waals surface area (Å²) in [5, 5.41) is 7.46. The zero-order valence-corrected chi connectivity index (χ0v) is 17.1. The van der Waals surface area contributed by atoms with Gasteiger partial charge in [0.2, 0.25) is 0 Å². The molecule has 8 nitrogen and oxygen atoms in total. The number of nitrogens with one attached hydrogen (secondary N) is 1. The summed E-state index contributed by atoms with van der Waals surface area (Å²) in [6, 6.07) is 5.62. The minimum atomic E-state index is 0.452. The van der Waals surface area contributed by atoms with Crippen LogP contribution in [0.5, 0.6) is 0 Å².